The summed E-state index contributed by atoms with van der Waals surface area (Å²) in [7, 11) is 0. The molecule has 0 amide bonds. The van der Waals surface area contributed by atoms with Gasteiger partial charge in [0.05, 0.1) is 28.6 Å². The van der Waals surface area contributed by atoms with Gasteiger partial charge in [0.25, 0.3) is 0 Å². The Morgan fingerprint density at radius 2 is 0.981 bits per heavy atom. The summed E-state index contributed by atoms with van der Waals surface area (Å²) in [6.45, 7) is 4.16. The standard InChI is InChI=1S/2C21H19Cl2NO2S/c1-13(25)16-10-15(22)11-18(21(16)26)24-12-14-6-2-4-8-19(14)27-20-9-5-3-7-17(20)23;1-13(25)18-10-16(23)11-19(21(18)26)24-12-14-5-2-3-8-20(14)27-17-7-4-6-15(22)9-17/h2*2-11,13,24-26H,12H2,1H3. The zero-order valence-corrected chi connectivity index (χ0v) is 33.9. The highest BCUT2D eigenvalue weighted by Crippen LogP contribution is 2.39. The number of nitrogens with one attached hydrogen (secondary N) is 2. The van der Waals surface area contributed by atoms with Crippen LogP contribution in [0.5, 0.6) is 11.5 Å². The number of anilines is 2. The van der Waals surface area contributed by atoms with Crippen LogP contribution in [0.15, 0.2) is 141 Å². The van der Waals surface area contributed by atoms with Crippen molar-refractivity contribution in [1.82, 2.24) is 0 Å². The molecule has 6 N–H and O–H groups in total. The second-order valence-corrected chi connectivity index (χ2v) is 16.1. The minimum absolute atomic E-state index is 0.00522. The second kappa shape index (κ2) is 19.8. The molecule has 6 aromatic rings. The molecule has 0 aliphatic rings. The highest BCUT2D eigenvalue weighted by atomic mass is 35.5. The highest BCUT2D eigenvalue weighted by Gasteiger charge is 2.16. The Kier molecular flexibility index (Phi) is 15.2. The summed E-state index contributed by atoms with van der Waals surface area (Å²) >= 11 is 27.8. The first-order valence-electron chi connectivity index (χ1n) is 16.8. The third-order valence-electron chi connectivity index (χ3n) is 8.07. The van der Waals surface area contributed by atoms with Crippen molar-refractivity contribution in [2.24, 2.45) is 0 Å². The molecule has 0 aliphatic heterocycles. The van der Waals surface area contributed by atoms with Crippen LogP contribution in [0.3, 0.4) is 0 Å². The Bertz CT molecular complexity index is 2200. The number of halogens is 4. The number of aliphatic hydroxyl groups is 2. The third-order valence-corrected chi connectivity index (χ3v) is 11.5. The maximum Gasteiger partial charge on any atom is 0.144 e. The lowest BCUT2D eigenvalue weighted by Crippen LogP contribution is -2.03. The van der Waals surface area contributed by atoms with E-state index in [1.165, 1.54) is 0 Å². The van der Waals surface area contributed by atoms with Crippen molar-refractivity contribution >= 4 is 81.3 Å². The number of phenols is 2. The third kappa shape index (κ3) is 11.4. The van der Waals surface area contributed by atoms with Gasteiger partial charge in [0.1, 0.15) is 11.5 Å². The van der Waals surface area contributed by atoms with E-state index in [0.29, 0.717) is 55.7 Å². The highest BCUT2D eigenvalue weighted by molar-refractivity contribution is 7.99. The molecule has 0 heterocycles. The Morgan fingerprint density at radius 3 is 1.46 bits per heavy atom. The molecule has 0 spiro atoms. The summed E-state index contributed by atoms with van der Waals surface area (Å²) in [4.78, 5) is 4.19. The fourth-order valence-electron chi connectivity index (χ4n) is 5.33. The van der Waals surface area contributed by atoms with E-state index in [9.17, 15) is 20.4 Å². The van der Waals surface area contributed by atoms with Gasteiger partial charge in [-0.25, -0.2) is 0 Å². The molecule has 0 aromatic heterocycles. The summed E-state index contributed by atoms with van der Waals surface area (Å²) in [5, 5.41) is 49.2. The minimum atomic E-state index is -0.813. The van der Waals surface area contributed by atoms with E-state index >= 15 is 0 Å². The van der Waals surface area contributed by atoms with Crippen LogP contribution in [-0.2, 0) is 13.1 Å². The molecule has 0 fully saturated rings. The number of aromatic hydroxyl groups is 2. The lowest BCUT2D eigenvalue weighted by atomic mass is 10.1. The monoisotopic (exact) mass is 838 g/mol. The van der Waals surface area contributed by atoms with Gasteiger partial charge in [-0.15, -0.1) is 0 Å². The lowest BCUT2D eigenvalue weighted by molar-refractivity contribution is 0.194. The molecular formula is C42H38Cl4N2O4S2. The first-order valence-corrected chi connectivity index (χ1v) is 19.9. The van der Waals surface area contributed by atoms with Gasteiger partial charge in [-0.2, -0.15) is 0 Å². The number of rotatable bonds is 12. The van der Waals surface area contributed by atoms with Crippen LogP contribution < -0.4 is 10.6 Å². The first kappa shape index (κ1) is 41.5. The predicted molar refractivity (Wildman–Crippen MR) is 226 cm³/mol. The SMILES string of the molecule is CC(O)c1cc(Cl)cc(NCc2ccccc2Sc2cccc(Cl)c2)c1O.CC(O)c1cc(Cl)cc(NCc2ccccc2Sc2ccccc2Cl)c1O. The Balaban J connectivity index is 0.000000208. The Morgan fingerprint density at radius 1 is 0.519 bits per heavy atom. The van der Waals surface area contributed by atoms with Crippen molar-refractivity contribution in [3.8, 4) is 11.5 Å². The molecule has 0 saturated carbocycles. The molecule has 6 rings (SSSR count). The smallest absolute Gasteiger partial charge is 0.144 e. The van der Waals surface area contributed by atoms with Crippen molar-refractivity contribution in [1.29, 1.82) is 0 Å². The van der Waals surface area contributed by atoms with Crippen molar-refractivity contribution < 1.29 is 20.4 Å². The van der Waals surface area contributed by atoms with Gasteiger partial charge >= 0.3 is 0 Å². The average molecular weight is 841 g/mol. The summed E-state index contributed by atoms with van der Waals surface area (Å²) in [5.74, 6) is 0.0139. The molecule has 2 unspecified atom stereocenters. The first-order chi connectivity index (χ1) is 25.9. The fraction of sp³-hybridized carbons (Fsp3) is 0.143. The molecule has 54 heavy (non-hydrogen) atoms. The van der Waals surface area contributed by atoms with E-state index in [4.69, 9.17) is 46.4 Å². The van der Waals surface area contributed by atoms with Crippen molar-refractivity contribution in [2.45, 2.75) is 58.7 Å². The van der Waals surface area contributed by atoms with E-state index in [1.54, 1.807) is 61.6 Å². The lowest BCUT2D eigenvalue weighted by Gasteiger charge is -2.16. The summed E-state index contributed by atoms with van der Waals surface area (Å²) < 4.78 is 0. The molecule has 12 heteroatoms. The van der Waals surface area contributed by atoms with Crippen LogP contribution in [0.4, 0.5) is 11.4 Å². The molecule has 2 atom stereocenters. The van der Waals surface area contributed by atoms with Crippen LogP contribution in [0.25, 0.3) is 0 Å². The molecule has 0 aliphatic carbocycles. The van der Waals surface area contributed by atoms with E-state index in [-0.39, 0.29) is 11.5 Å². The van der Waals surface area contributed by atoms with E-state index in [1.807, 2.05) is 97.1 Å². The largest absolute Gasteiger partial charge is 0.505 e. The maximum atomic E-state index is 10.4. The predicted octanol–water partition coefficient (Wildman–Crippen LogP) is 13.0. The normalized spacial score (nSPS) is 12.0. The van der Waals surface area contributed by atoms with Crippen molar-refractivity contribution in [3.05, 3.63) is 164 Å². The topological polar surface area (TPSA) is 105 Å². The molecule has 0 radical (unpaired) electrons. The van der Waals surface area contributed by atoms with E-state index < -0.39 is 12.2 Å². The zero-order chi connectivity index (χ0) is 38.8. The van der Waals surface area contributed by atoms with Crippen LogP contribution in [0.1, 0.15) is 48.3 Å². The van der Waals surface area contributed by atoms with Gasteiger partial charge in [0.2, 0.25) is 0 Å². The van der Waals surface area contributed by atoms with Crippen LogP contribution in [0.2, 0.25) is 20.1 Å². The molecule has 280 valence electrons. The van der Waals surface area contributed by atoms with E-state index in [0.717, 1.165) is 30.7 Å². The Labute approximate surface area is 344 Å². The van der Waals surface area contributed by atoms with Gasteiger partial charge in [0, 0.05) is 58.9 Å². The summed E-state index contributed by atoms with van der Waals surface area (Å²) in [5.41, 5.74) is 3.88. The quantitative estimate of drug-likeness (QED) is 0.0677. The van der Waals surface area contributed by atoms with Crippen molar-refractivity contribution in [3.63, 3.8) is 0 Å². The summed E-state index contributed by atoms with van der Waals surface area (Å²) in [6.07, 6.45) is -1.62. The van der Waals surface area contributed by atoms with Gasteiger partial charge in [-0.1, -0.05) is 125 Å². The molecule has 6 aromatic carbocycles. The van der Waals surface area contributed by atoms with Gasteiger partial charge in [-0.05, 0) is 91.7 Å². The van der Waals surface area contributed by atoms with Gasteiger partial charge < -0.3 is 31.1 Å². The molecule has 0 bridgehead atoms. The second-order valence-electron chi connectivity index (χ2n) is 12.1. The van der Waals surface area contributed by atoms with Crippen LogP contribution in [-0.4, -0.2) is 20.4 Å². The molecular weight excluding hydrogens is 802 g/mol. The maximum absolute atomic E-state index is 10.4. The van der Waals surface area contributed by atoms with Crippen LogP contribution >= 0.6 is 69.9 Å². The van der Waals surface area contributed by atoms with Crippen molar-refractivity contribution in [2.75, 3.05) is 10.6 Å². The number of aliphatic hydroxyl groups excluding tert-OH is 2. The van der Waals surface area contributed by atoms with E-state index in [2.05, 4.69) is 10.6 Å². The number of benzene rings is 6. The zero-order valence-electron chi connectivity index (χ0n) is 29.2. The van der Waals surface area contributed by atoms with Gasteiger partial charge in [-0.3, -0.25) is 0 Å². The molecule has 0 saturated heterocycles. The molecule has 6 nitrogen and oxygen atoms in total. The number of hydrogen-bond acceptors (Lipinski definition) is 8. The fourth-order valence-corrected chi connectivity index (χ4v) is 8.26. The summed E-state index contributed by atoms with van der Waals surface area (Å²) in [6, 6.07) is 37.9. The average Bonchev–Trinajstić information content (AvgIpc) is 3.14. The number of hydrogen-bond donors (Lipinski definition) is 6. The van der Waals surface area contributed by atoms with Crippen LogP contribution in [0, 0.1) is 0 Å². The minimum Gasteiger partial charge on any atom is -0.505 e. The van der Waals surface area contributed by atoms with Gasteiger partial charge in [0.15, 0.2) is 0 Å². The number of phenolic OH excluding ortho intramolecular Hbond substituents is 2. The Hall–Kier alpha value is -3.70.